The van der Waals surface area contributed by atoms with Gasteiger partial charge in [-0.25, -0.2) is 4.98 Å². The summed E-state index contributed by atoms with van der Waals surface area (Å²) in [6.45, 7) is 1.99. The summed E-state index contributed by atoms with van der Waals surface area (Å²) in [5.74, 6) is 0.735. The van der Waals surface area contributed by atoms with Crippen molar-refractivity contribution in [2.24, 2.45) is 0 Å². The largest absolute Gasteiger partial charge is 0.297 e. The van der Waals surface area contributed by atoms with Crippen molar-refractivity contribution in [3.8, 4) is 11.5 Å². The van der Waals surface area contributed by atoms with Crippen molar-refractivity contribution < 1.29 is 0 Å². The molecule has 0 radical (unpaired) electrons. The number of aromatic nitrogens is 6. The first-order valence-corrected chi connectivity index (χ1v) is 10.9. The molecule has 6 rings (SSSR count). The molecule has 0 aliphatic carbocycles. The molecule has 4 aromatic heterocycles. The Morgan fingerprint density at radius 1 is 0.806 bits per heavy atom. The monoisotopic (exact) mass is 422 g/mol. The van der Waals surface area contributed by atoms with Gasteiger partial charge in [-0.2, -0.15) is 9.61 Å². The Morgan fingerprint density at radius 3 is 2.19 bits per heavy atom. The van der Waals surface area contributed by atoms with Crippen molar-refractivity contribution in [1.29, 1.82) is 0 Å². The molecule has 0 saturated heterocycles. The van der Waals surface area contributed by atoms with E-state index in [9.17, 15) is 0 Å². The van der Waals surface area contributed by atoms with Crippen molar-refractivity contribution in [2.45, 2.75) is 12.8 Å². The minimum Gasteiger partial charge on any atom is -0.297 e. The summed E-state index contributed by atoms with van der Waals surface area (Å²) in [5.41, 5.74) is 5.10. The Morgan fingerprint density at radius 2 is 1.48 bits per heavy atom. The molecule has 0 aliphatic rings. The first-order valence-electron chi connectivity index (χ1n) is 10.1. The Labute approximate surface area is 182 Å². The Bertz CT molecular complexity index is 1460. The molecule has 4 heterocycles. The van der Waals surface area contributed by atoms with Crippen molar-refractivity contribution in [3.05, 3.63) is 107 Å². The lowest BCUT2D eigenvalue weighted by molar-refractivity contribution is 0.859. The van der Waals surface area contributed by atoms with Gasteiger partial charge in [0.2, 0.25) is 10.8 Å². The van der Waals surface area contributed by atoms with Crippen molar-refractivity contribution in [3.63, 3.8) is 0 Å². The summed E-state index contributed by atoms with van der Waals surface area (Å²) < 4.78 is 3.89. The SMILES string of the molecule is Cc1nc2ccccn2c1-c1nnc2sc(C(c3ccccc3)c3ccccc3)nn12. The number of benzene rings is 2. The fraction of sp³-hybridized carbons (Fsp3) is 0.0833. The van der Waals surface area contributed by atoms with Gasteiger partial charge in [0, 0.05) is 6.20 Å². The summed E-state index contributed by atoms with van der Waals surface area (Å²) >= 11 is 1.57. The number of nitrogens with zero attached hydrogens (tertiary/aromatic N) is 6. The van der Waals surface area contributed by atoms with E-state index in [0.717, 1.165) is 27.0 Å². The van der Waals surface area contributed by atoms with Crippen LogP contribution in [-0.4, -0.2) is 29.2 Å². The summed E-state index contributed by atoms with van der Waals surface area (Å²) in [6, 6.07) is 26.9. The molecule has 31 heavy (non-hydrogen) atoms. The molecule has 0 saturated carbocycles. The molecular weight excluding hydrogens is 404 g/mol. The van der Waals surface area contributed by atoms with Crippen LogP contribution in [0.2, 0.25) is 0 Å². The molecule has 0 spiro atoms. The highest BCUT2D eigenvalue weighted by Crippen LogP contribution is 2.35. The molecule has 0 N–H and O–H groups in total. The topological polar surface area (TPSA) is 60.4 Å². The van der Waals surface area contributed by atoms with Crippen LogP contribution in [0.5, 0.6) is 0 Å². The molecule has 0 amide bonds. The second-order valence-electron chi connectivity index (χ2n) is 7.39. The lowest BCUT2D eigenvalue weighted by Crippen LogP contribution is -2.04. The second-order valence-corrected chi connectivity index (χ2v) is 8.37. The number of hydrogen-bond acceptors (Lipinski definition) is 5. The number of fused-ring (bicyclic) bond motifs is 2. The van der Waals surface area contributed by atoms with Gasteiger partial charge in [0.25, 0.3) is 0 Å². The van der Waals surface area contributed by atoms with Crippen LogP contribution in [0.15, 0.2) is 85.1 Å². The maximum absolute atomic E-state index is 5.00. The fourth-order valence-electron chi connectivity index (χ4n) is 4.05. The molecular formula is C24H18N6S. The summed E-state index contributed by atoms with van der Waals surface area (Å²) in [4.78, 5) is 5.44. The molecule has 7 heteroatoms. The normalized spacial score (nSPS) is 11.7. The van der Waals surface area contributed by atoms with Gasteiger partial charge in [-0.15, -0.1) is 10.2 Å². The van der Waals surface area contributed by atoms with Gasteiger partial charge in [0.05, 0.1) is 11.6 Å². The second kappa shape index (κ2) is 7.14. The molecule has 0 atom stereocenters. The van der Waals surface area contributed by atoms with Crippen LogP contribution in [0, 0.1) is 6.92 Å². The van der Waals surface area contributed by atoms with Gasteiger partial charge >= 0.3 is 0 Å². The van der Waals surface area contributed by atoms with E-state index < -0.39 is 0 Å². The van der Waals surface area contributed by atoms with Crippen LogP contribution < -0.4 is 0 Å². The third-order valence-corrected chi connectivity index (χ3v) is 6.40. The van der Waals surface area contributed by atoms with E-state index in [1.54, 1.807) is 11.3 Å². The minimum atomic E-state index is 0.0326. The van der Waals surface area contributed by atoms with Crippen LogP contribution in [0.3, 0.4) is 0 Å². The lowest BCUT2D eigenvalue weighted by Gasteiger charge is -2.15. The maximum atomic E-state index is 5.00. The third-order valence-electron chi connectivity index (χ3n) is 5.44. The molecule has 150 valence electrons. The Hall–Kier alpha value is -3.84. The van der Waals surface area contributed by atoms with Gasteiger partial charge < -0.3 is 0 Å². The van der Waals surface area contributed by atoms with Gasteiger partial charge in [0.1, 0.15) is 16.3 Å². The first-order chi connectivity index (χ1) is 15.3. The van der Waals surface area contributed by atoms with Crippen LogP contribution in [-0.2, 0) is 0 Å². The summed E-state index contributed by atoms with van der Waals surface area (Å²) in [7, 11) is 0. The van der Waals surface area contributed by atoms with Crippen molar-refractivity contribution in [1.82, 2.24) is 29.2 Å². The molecule has 6 aromatic rings. The maximum Gasteiger partial charge on any atom is 0.235 e. The molecule has 0 bridgehead atoms. The van der Waals surface area contributed by atoms with E-state index in [4.69, 9.17) is 5.10 Å². The van der Waals surface area contributed by atoms with E-state index in [1.807, 2.05) is 52.4 Å². The summed E-state index contributed by atoms with van der Waals surface area (Å²) in [6.07, 6.45) is 2.00. The Kier molecular flexibility index (Phi) is 4.14. The highest BCUT2D eigenvalue weighted by molar-refractivity contribution is 7.16. The van der Waals surface area contributed by atoms with E-state index in [0.29, 0.717) is 5.82 Å². The smallest absolute Gasteiger partial charge is 0.235 e. The number of imidazole rings is 1. The van der Waals surface area contributed by atoms with Gasteiger partial charge in [-0.1, -0.05) is 78.1 Å². The predicted molar refractivity (Wildman–Crippen MR) is 121 cm³/mol. The van der Waals surface area contributed by atoms with Gasteiger partial charge in [-0.05, 0) is 30.2 Å². The molecule has 0 aliphatic heterocycles. The average molecular weight is 423 g/mol. The zero-order chi connectivity index (χ0) is 20.8. The van der Waals surface area contributed by atoms with Crippen LogP contribution in [0.1, 0.15) is 27.7 Å². The molecule has 2 aromatic carbocycles. The molecule has 0 fully saturated rings. The molecule has 0 unspecified atom stereocenters. The van der Waals surface area contributed by atoms with Crippen molar-refractivity contribution >= 4 is 21.9 Å². The standard InChI is InChI=1S/C24H18N6S/c1-16-21(29-15-9-8-14-19(29)25-16)22-26-27-24-30(22)28-23(31-24)20(17-10-4-2-5-11-17)18-12-6-3-7-13-18/h2-15,20H,1H3. The van der Waals surface area contributed by atoms with Crippen LogP contribution in [0.25, 0.3) is 22.1 Å². The number of pyridine rings is 1. The van der Waals surface area contributed by atoms with E-state index in [1.165, 1.54) is 11.1 Å². The highest BCUT2D eigenvalue weighted by Gasteiger charge is 2.24. The van der Waals surface area contributed by atoms with Gasteiger partial charge in [0.15, 0.2) is 0 Å². The van der Waals surface area contributed by atoms with Crippen molar-refractivity contribution in [2.75, 3.05) is 0 Å². The van der Waals surface area contributed by atoms with E-state index in [2.05, 4.69) is 63.7 Å². The number of hydrogen-bond donors (Lipinski definition) is 0. The quantitative estimate of drug-likeness (QED) is 0.402. The van der Waals surface area contributed by atoms with Crippen LogP contribution >= 0.6 is 11.3 Å². The average Bonchev–Trinajstić information content (AvgIpc) is 3.48. The van der Waals surface area contributed by atoms with E-state index in [-0.39, 0.29) is 5.92 Å². The zero-order valence-corrected chi connectivity index (χ0v) is 17.6. The highest BCUT2D eigenvalue weighted by atomic mass is 32.1. The molecule has 6 nitrogen and oxygen atoms in total. The zero-order valence-electron chi connectivity index (χ0n) is 16.8. The van der Waals surface area contributed by atoms with E-state index >= 15 is 0 Å². The third kappa shape index (κ3) is 2.93. The first kappa shape index (κ1) is 18.0. The van der Waals surface area contributed by atoms with Gasteiger partial charge in [-0.3, -0.25) is 4.40 Å². The number of aryl methyl sites for hydroxylation is 1. The number of rotatable bonds is 4. The summed E-state index contributed by atoms with van der Waals surface area (Å²) in [5, 5.41) is 14.9. The predicted octanol–water partition coefficient (Wildman–Crippen LogP) is 4.99. The lowest BCUT2D eigenvalue weighted by atomic mass is 9.92. The fourth-order valence-corrected chi connectivity index (χ4v) is 5.04. The minimum absolute atomic E-state index is 0.0326. The Balaban J connectivity index is 1.55. The van der Waals surface area contributed by atoms with Crippen LogP contribution in [0.4, 0.5) is 0 Å².